The van der Waals surface area contributed by atoms with Crippen LogP contribution in [0.2, 0.25) is 5.02 Å². The maximum absolute atomic E-state index is 12.0. The molecule has 0 bridgehead atoms. The Morgan fingerprint density at radius 3 is 2.38 bits per heavy atom. The molecule has 1 N–H and O–H groups in total. The summed E-state index contributed by atoms with van der Waals surface area (Å²) < 4.78 is 5.99. The third-order valence-corrected chi connectivity index (χ3v) is 3.84. The molecule has 0 saturated carbocycles. The van der Waals surface area contributed by atoms with Crippen LogP contribution >= 0.6 is 27.5 Å². The van der Waals surface area contributed by atoms with Gasteiger partial charge in [0.25, 0.3) is 5.91 Å². The van der Waals surface area contributed by atoms with Gasteiger partial charge in [-0.1, -0.05) is 39.7 Å². The summed E-state index contributed by atoms with van der Waals surface area (Å²) in [5.74, 6) is -0.992. The van der Waals surface area contributed by atoms with Gasteiger partial charge in [0.15, 0.2) is 6.10 Å². The van der Waals surface area contributed by atoms with Crippen molar-refractivity contribution in [1.29, 1.82) is 0 Å². The van der Waals surface area contributed by atoms with E-state index < -0.39 is 18.0 Å². The summed E-state index contributed by atoms with van der Waals surface area (Å²) in [5, 5.41) is 3.30. The Balaban J connectivity index is 1.87. The summed E-state index contributed by atoms with van der Waals surface area (Å²) >= 11 is 9.11. The Hall–Kier alpha value is -2.11. The van der Waals surface area contributed by atoms with Crippen LogP contribution in [0.15, 0.2) is 59.1 Å². The van der Waals surface area contributed by atoms with Crippen molar-refractivity contribution in [1.82, 2.24) is 0 Å². The quantitative estimate of drug-likeness (QED) is 0.577. The highest BCUT2D eigenvalue weighted by Crippen LogP contribution is 2.15. The van der Waals surface area contributed by atoms with E-state index in [-0.39, 0.29) is 0 Å². The first-order valence-electron chi connectivity index (χ1n) is 7.15. The van der Waals surface area contributed by atoms with Crippen molar-refractivity contribution in [3.8, 4) is 0 Å². The number of ether oxygens (including phenoxy) is 1. The highest BCUT2D eigenvalue weighted by atomic mass is 79.9. The van der Waals surface area contributed by atoms with Crippen molar-refractivity contribution in [3.05, 3.63) is 69.7 Å². The minimum atomic E-state index is -0.906. The molecule has 24 heavy (non-hydrogen) atoms. The van der Waals surface area contributed by atoms with Crippen LogP contribution in [-0.4, -0.2) is 18.0 Å². The molecule has 0 aliphatic rings. The van der Waals surface area contributed by atoms with Crippen LogP contribution in [0.5, 0.6) is 0 Å². The molecule has 0 saturated heterocycles. The fourth-order valence-electron chi connectivity index (χ4n) is 1.78. The van der Waals surface area contributed by atoms with E-state index in [1.54, 1.807) is 54.6 Å². The van der Waals surface area contributed by atoms with E-state index in [4.69, 9.17) is 16.3 Å². The molecule has 6 heteroatoms. The molecule has 4 nitrogen and oxygen atoms in total. The first kappa shape index (κ1) is 18.2. The fourth-order valence-corrected chi connectivity index (χ4v) is 2.17. The van der Waals surface area contributed by atoms with Gasteiger partial charge in [0.05, 0.1) is 0 Å². The average Bonchev–Trinajstić information content (AvgIpc) is 2.56. The van der Waals surface area contributed by atoms with Crippen LogP contribution in [0.1, 0.15) is 12.5 Å². The topological polar surface area (TPSA) is 55.4 Å². The zero-order valence-corrected chi connectivity index (χ0v) is 15.2. The average molecular weight is 409 g/mol. The molecule has 0 aliphatic heterocycles. The summed E-state index contributed by atoms with van der Waals surface area (Å²) in [6, 6.07) is 14.1. The minimum Gasteiger partial charge on any atom is -0.449 e. The van der Waals surface area contributed by atoms with Crippen LogP contribution in [-0.2, 0) is 14.3 Å². The second kappa shape index (κ2) is 8.66. The van der Waals surface area contributed by atoms with Gasteiger partial charge in [-0.05, 0) is 55.0 Å². The van der Waals surface area contributed by atoms with Gasteiger partial charge in [-0.25, -0.2) is 4.79 Å². The Kier molecular flexibility index (Phi) is 6.58. The van der Waals surface area contributed by atoms with Crippen LogP contribution in [0.25, 0.3) is 6.08 Å². The van der Waals surface area contributed by atoms with Gasteiger partial charge >= 0.3 is 5.97 Å². The van der Waals surface area contributed by atoms with Gasteiger partial charge in [0.1, 0.15) is 0 Å². The monoisotopic (exact) mass is 407 g/mol. The molecule has 2 aromatic rings. The molecule has 124 valence electrons. The number of amides is 1. The van der Waals surface area contributed by atoms with E-state index in [0.717, 1.165) is 10.0 Å². The van der Waals surface area contributed by atoms with Gasteiger partial charge in [-0.15, -0.1) is 0 Å². The van der Waals surface area contributed by atoms with E-state index in [9.17, 15) is 9.59 Å². The van der Waals surface area contributed by atoms with Gasteiger partial charge in [-0.3, -0.25) is 4.79 Å². The van der Waals surface area contributed by atoms with Gasteiger partial charge in [-0.2, -0.15) is 0 Å². The van der Waals surface area contributed by atoms with Crippen molar-refractivity contribution < 1.29 is 14.3 Å². The molecule has 0 spiro atoms. The number of hydrogen-bond acceptors (Lipinski definition) is 3. The van der Waals surface area contributed by atoms with E-state index in [1.165, 1.54) is 13.0 Å². The summed E-state index contributed by atoms with van der Waals surface area (Å²) in [4.78, 5) is 23.8. The highest BCUT2D eigenvalue weighted by molar-refractivity contribution is 9.10. The standard InChI is InChI=1S/C18H15BrClNO3/c1-12(18(23)21-16-9-5-14(19)6-10-16)24-17(22)11-4-13-2-7-15(20)8-3-13/h2-12H,1H3,(H,21,23)/b11-4+/t12-/m0/s1. The first-order valence-corrected chi connectivity index (χ1v) is 8.32. The van der Waals surface area contributed by atoms with Crippen LogP contribution in [0.3, 0.4) is 0 Å². The fraction of sp³-hybridized carbons (Fsp3) is 0.111. The lowest BCUT2D eigenvalue weighted by Crippen LogP contribution is -2.29. The molecule has 1 atom stereocenters. The van der Waals surface area contributed by atoms with Crippen LogP contribution < -0.4 is 5.32 Å². The zero-order valence-electron chi connectivity index (χ0n) is 12.8. The summed E-state index contributed by atoms with van der Waals surface area (Å²) in [6.07, 6.45) is 1.96. The first-order chi connectivity index (χ1) is 11.4. The Morgan fingerprint density at radius 1 is 1.12 bits per heavy atom. The lowest BCUT2D eigenvalue weighted by atomic mass is 10.2. The second-order valence-corrected chi connectivity index (χ2v) is 6.31. The second-order valence-electron chi connectivity index (χ2n) is 4.96. The maximum Gasteiger partial charge on any atom is 0.331 e. The van der Waals surface area contributed by atoms with Crippen molar-refractivity contribution in [2.24, 2.45) is 0 Å². The number of benzene rings is 2. The SMILES string of the molecule is C[C@H](OC(=O)/C=C/c1ccc(Cl)cc1)C(=O)Nc1ccc(Br)cc1. The number of carbonyl (C=O) groups is 2. The number of esters is 1. The number of hydrogen-bond donors (Lipinski definition) is 1. The number of nitrogens with one attached hydrogen (secondary N) is 1. The summed E-state index contributed by atoms with van der Waals surface area (Å²) in [7, 11) is 0. The minimum absolute atomic E-state index is 0.398. The molecule has 0 heterocycles. The third-order valence-electron chi connectivity index (χ3n) is 3.06. The Morgan fingerprint density at radius 2 is 1.75 bits per heavy atom. The molecule has 2 aromatic carbocycles. The molecule has 0 aliphatic carbocycles. The van der Waals surface area contributed by atoms with E-state index in [0.29, 0.717) is 10.7 Å². The van der Waals surface area contributed by atoms with E-state index >= 15 is 0 Å². The predicted octanol–water partition coefficient (Wildman–Crippen LogP) is 4.69. The molecule has 0 aromatic heterocycles. The van der Waals surface area contributed by atoms with Gasteiger partial charge < -0.3 is 10.1 Å². The van der Waals surface area contributed by atoms with E-state index in [1.807, 2.05) is 0 Å². The van der Waals surface area contributed by atoms with Gasteiger partial charge in [0, 0.05) is 21.3 Å². The smallest absolute Gasteiger partial charge is 0.331 e. The number of anilines is 1. The normalized spacial score (nSPS) is 12.0. The lowest BCUT2D eigenvalue weighted by molar-refractivity contribution is -0.148. The third kappa shape index (κ3) is 5.83. The van der Waals surface area contributed by atoms with Crippen molar-refractivity contribution in [3.63, 3.8) is 0 Å². The number of halogens is 2. The molecule has 0 fully saturated rings. The van der Waals surface area contributed by atoms with Gasteiger partial charge in [0.2, 0.25) is 0 Å². The molecular formula is C18H15BrClNO3. The van der Waals surface area contributed by atoms with E-state index in [2.05, 4.69) is 21.2 Å². The number of carbonyl (C=O) groups excluding carboxylic acids is 2. The molecule has 0 radical (unpaired) electrons. The largest absolute Gasteiger partial charge is 0.449 e. The maximum atomic E-state index is 12.0. The number of rotatable bonds is 5. The van der Waals surface area contributed by atoms with Crippen molar-refractivity contribution in [2.45, 2.75) is 13.0 Å². The van der Waals surface area contributed by atoms with Crippen molar-refractivity contribution >= 4 is 51.2 Å². The Labute approximate surface area is 153 Å². The Bertz CT molecular complexity index is 742. The lowest BCUT2D eigenvalue weighted by Gasteiger charge is -2.12. The molecule has 2 rings (SSSR count). The summed E-state index contributed by atoms with van der Waals surface area (Å²) in [6.45, 7) is 1.52. The van der Waals surface area contributed by atoms with Crippen LogP contribution in [0, 0.1) is 0 Å². The zero-order chi connectivity index (χ0) is 17.5. The molecule has 0 unspecified atom stereocenters. The predicted molar refractivity (Wildman–Crippen MR) is 98.8 cm³/mol. The summed E-state index contributed by atoms with van der Waals surface area (Å²) in [5.41, 5.74) is 1.44. The molecular weight excluding hydrogens is 394 g/mol. The van der Waals surface area contributed by atoms with Crippen LogP contribution in [0.4, 0.5) is 5.69 Å². The molecule has 1 amide bonds. The highest BCUT2D eigenvalue weighted by Gasteiger charge is 2.16. The van der Waals surface area contributed by atoms with Crippen molar-refractivity contribution in [2.75, 3.05) is 5.32 Å².